The van der Waals surface area contributed by atoms with E-state index in [4.69, 9.17) is 11.6 Å². The molecule has 0 saturated heterocycles. The topological polar surface area (TPSA) is 34.9 Å². The van der Waals surface area contributed by atoms with Gasteiger partial charge < -0.3 is 0 Å². The third-order valence-corrected chi connectivity index (χ3v) is 3.08. The van der Waals surface area contributed by atoms with Gasteiger partial charge in [-0.3, -0.25) is 14.3 Å². The average molecular weight is 245 g/mol. The summed E-state index contributed by atoms with van der Waals surface area (Å²) < 4.78 is 1.66. The van der Waals surface area contributed by atoms with Crippen LogP contribution in [-0.4, -0.2) is 15.5 Å². The fourth-order valence-electron chi connectivity index (χ4n) is 2.18. The molecule has 2 aromatic heterocycles. The van der Waals surface area contributed by atoms with Crippen molar-refractivity contribution < 1.29 is 4.79 Å². The van der Waals surface area contributed by atoms with E-state index >= 15 is 0 Å². The third kappa shape index (κ3) is 1.43. The second-order valence-electron chi connectivity index (χ2n) is 3.91. The molecular formula is C13H9ClN2O. The Kier molecular flexibility index (Phi) is 2.16. The molecule has 84 valence electrons. The summed E-state index contributed by atoms with van der Waals surface area (Å²) in [6.45, 7) is 1.54. The van der Waals surface area contributed by atoms with Gasteiger partial charge in [0.1, 0.15) is 0 Å². The Labute approximate surface area is 103 Å². The summed E-state index contributed by atoms with van der Waals surface area (Å²) >= 11 is 6.00. The highest BCUT2D eigenvalue weighted by atomic mass is 35.5. The van der Waals surface area contributed by atoms with Crippen LogP contribution in [0.4, 0.5) is 0 Å². The summed E-state index contributed by atoms with van der Waals surface area (Å²) in [7, 11) is 0. The highest BCUT2D eigenvalue weighted by Gasteiger charge is 2.13. The number of halogens is 1. The van der Waals surface area contributed by atoms with Crippen molar-refractivity contribution in [3.05, 3.63) is 41.7 Å². The van der Waals surface area contributed by atoms with Crippen molar-refractivity contribution in [2.24, 2.45) is 0 Å². The van der Waals surface area contributed by atoms with Gasteiger partial charge in [-0.15, -0.1) is 0 Å². The van der Waals surface area contributed by atoms with Gasteiger partial charge in [0.25, 0.3) is 0 Å². The molecule has 3 rings (SSSR count). The van der Waals surface area contributed by atoms with Crippen molar-refractivity contribution in [2.75, 3.05) is 0 Å². The number of hydrogen-bond donors (Lipinski definition) is 0. The normalized spacial score (nSPS) is 11.2. The van der Waals surface area contributed by atoms with Crippen LogP contribution >= 0.6 is 11.6 Å². The molecule has 0 aliphatic carbocycles. The van der Waals surface area contributed by atoms with Crippen molar-refractivity contribution in [3.8, 4) is 0 Å². The van der Waals surface area contributed by atoms with Gasteiger partial charge in [0.15, 0.2) is 0 Å². The van der Waals surface area contributed by atoms with Crippen LogP contribution in [0.15, 0.2) is 36.7 Å². The Hall–Kier alpha value is -1.87. The van der Waals surface area contributed by atoms with Crippen molar-refractivity contribution in [2.45, 2.75) is 6.92 Å². The van der Waals surface area contributed by atoms with Crippen molar-refractivity contribution in [1.29, 1.82) is 0 Å². The van der Waals surface area contributed by atoms with E-state index in [2.05, 4.69) is 4.98 Å². The molecule has 0 amide bonds. The third-order valence-electron chi connectivity index (χ3n) is 2.85. The zero-order valence-electron chi connectivity index (χ0n) is 9.14. The van der Waals surface area contributed by atoms with E-state index in [1.165, 1.54) is 0 Å². The lowest BCUT2D eigenvalue weighted by molar-refractivity contribution is 0.0946. The van der Waals surface area contributed by atoms with Gasteiger partial charge in [-0.2, -0.15) is 0 Å². The number of carbonyl (C=O) groups is 1. The molecule has 3 nitrogen and oxygen atoms in total. The quantitative estimate of drug-likeness (QED) is 0.607. The van der Waals surface area contributed by atoms with Gasteiger partial charge in [-0.05, 0) is 24.3 Å². The molecule has 0 saturated carbocycles. The molecule has 0 N–H and O–H groups in total. The first-order chi connectivity index (χ1) is 8.18. The Morgan fingerprint density at radius 2 is 2.06 bits per heavy atom. The van der Waals surface area contributed by atoms with Crippen LogP contribution in [0.3, 0.4) is 0 Å². The van der Waals surface area contributed by atoms with E-state index in [9.17, 15) is 4.79 Å². The summed E-state index contributed by atoms with van der Waals surface area (Å²) in [5, 5.41) is 2.63. The first-order valence-electron chi connectivity index (χ1n) is 5.23. The number of carbonyl (C=O) groups excluding carboxylic acids is 1. The molecule has 0 aliphatic heterocycles. The summed E-state index contributed by atoms with van der Waals surface area (Å²) in [6.07, 6.45) is 3.41. The maximum atomic E-state index is 11.7. The molecule has 0 atom stereocenters. The molecule has 0 radical (unpaired) electrons. The molecule has 2 heterocycles. The van der Waals surface area contributed by atoms with E-state index in [0.29, 0.717) is 5.02 Å². The fraction of sp³-hybridized carbons (Fsp3) is 0.0769. The van der Waals surface area contributed by atoms with Crippen LogP contribution in [0.25, 0.3) is 21.8 Å². The predicted molar refractivity (Wildman–Crippen MR) is 68.5 cm³/mol. The van der Waals surface area contributed by atoms with Crippen molar-refractivity contribution in [1.82, 2.24) is 9.55 Å². The van der Waals surface area contributed by atoms with Gasteiger partial charge in [-0.1, -0.05) is 11.6 Å². The van der Waals surface area contributed by atoms with Gasteiger partial charge in [0.05, 0.1) is 17.2 Å². The Morgan fingerprint density at radius 3 is 2.82 bits per heavy atom. The zero-order chi connectivity index (χ0) is 12.0. The van der Waals surface area contributed by atoms with E-state index in [1.807, 2.05) is 18.2 Å². The van der Waals surface area contributed by atoms with E-state index in [-0.39, 0.29) is 5.91 Å². The molecule has 3 aromatic rings. The van der Waals surface area contributed by atoms with Crippen LogP contribution < -0.4 is 0 Å². The highest BCUT2D eigenvalue weighted by molar-refractivity contribution is 6.32. The number of fused-ring (bicyclic) bond motifs is 3. The van der Waals surface area contributed by atoms with Crippen LogP contribution in [0.5, 0.6) is 0 Å². The monoisotopic (exact) mass is 244 g/mol. The molecule has 0 spiro atoms. The lowest BCUT2D eigenvalue weighted by Crippen LogP contribution is -2.04. The van der Waals surface area contributed by atoms with Gasteiger partial charge in [-0.25, -0.2) is 0 Å². The zero-order valence-corrected chi connectivity index (χ0v) is 9.90. The Balaban J connectivity index is 2.62. The molecule has 0 aliphatic rings. The standard InChI is InChI=1S/C13H9ClN2O/c1-8(17)16-12-3-2-9(14)6-11(12)10-4-5-15-7-13(10)16/h2-7H,1H3. The molecular weight excluding hydrogens is 236 g/mol. The maximum Gasteiger partial charge on any atom is 0.228 e. The van der Waals surface area contributed by atoms with Crippen molar-refractivity contribution >= 4 is 39.3 Å². The van der Waals surface area contributed by atoms with Crippen LogP contribution in [0, 0.1) is 0 Å². The minimum Gasteiger partial charge on any atom is -0.278 e. The number of hydrogen-bond acceptors (Lipinski definition) is 2. The van der Waals surface area contributed by atoms with Gasteiger partial charge in [0, 0.05) is 28.9 Å². The van der Waals surface area contributed by atoms with Crippen molar-refractivity contribution in [3.63, 3.8) is 0 Å². The fourth-order valence-corrected chi connectivity index (χ4v) is 2.35. The molecule has 0 fully saturated rings. The number of pyridine rings is 1. The lowest BCUT2D eigenvalue weighted by Gasteiger charge is -2.00. The molecule has 4 heteroatoms. The maximum absolute atomic E-state index is 11.7. The Morgan fingerprint density at radius 1 is 1.24 bits per heavy atom. The van der Waals surface area contributed by atoms with E-state index in [0.717, 1.165) is 21.8 Å². The molecule has 1 aromatic carbocycles. The average Bonchev–Trinajstić information content (AvgIpc) is 2.63. The van der Waals surface area contributed by atoms with Gasteiger partial charge in [0.2, 0.25) is 5.91 Å². The number of rotatable bonds is 0. The van der Waals surface area contributed by atoms with Gasteiger partial charge >= 0.3 is 0 Å². The molecule has 0 unspecified atom stereocenters. The molecule has 0 bridgehead atoms. The highest BCUT2D eigenvalue weighted by Crippen LogP contribution is 2.30. The minimum atomic E-state index is -0.0275. The van der Waals surface area contributed by atoms with Crippen LogP contribution in [0.1, 0.15) is 11.7 Å². The minimum absolute atomic E-state index is 0.0275. The Bertz CT molecular complexity index is 746. The summed E-state index contributed by atoms with van der Waals surface area (Å²) in [5.74, 6) is -0.0275. The smallest absolute Gasteiger partial charge is 0.228 e. The lowest BCUT2D eigenvalue weighted by atomic mass is 10.2. The summed E-state index contributed by atoms with van der Waals surface area (Å²) in [4.78, 5) is 15.8. The number of benzene rings is 1. The largest absolute Gasteiger partial charge is 0.278 e. The summed E-state index contributed by atoms with van der Waals surface area (Å²) in [6, 6.07) is 7.42. The SMILES string of the molecule is CC(=O)n1c2ccc(Cl)cc2c2ccncc21. The van der Waals surface area contributed by atoms with E-state index in [1.54, 1.807) is 30.0 Å². The number of aromatic nitrogens is 2. The van der Waals surface area contributed by atoms with Crippen LogP contribution in [-0.2, 0) is 0 Å². The predicted octanol–water partition coefficient (Wildman–Crippen LogP) is 3.50. The van der Waals surface area contributed by atoms with E-state index < -0.39 is 0 Å². The number of nitrogens with zero attached hydrogens (tertiary/aromatic N) is 2. The second-order valence-corrected chi connectivity index (χ2v) is 4.35. The molecule has 17 heavy (non-hydrogen) atoms. The second kappa shape index (κ2) is 3.57. The first kappa shape index (κ1) is 10.3. The summed E-state index contributed by atoms with van der Waals surface area (Å²) in [5.41, 5.74) is 1.68. The first-order valence-corrected chi connectivity index (χ1v) is 5.61. The van der Waals surface area contributed by atoms with Crippen LogP contribution in [0.2, 0.25) is 5.02 Å².